The van der Waals surface area contributed by atoms with Crippen molar-refractivity contribution in [3.63, 3.8) is 0 Å². The number of alkyl carbamates (subject to hydrolysis) is 1. The lowest BCUT2D eigenvalue weighted by Crippen LogP contribution is -2.52. The lowest BCUT2D eigenvalue weighted by atomic mass is 9.98. The van der Waals surface area contributed by atoms with Crippen LogP contribution in [0, 0.1) is 6.92 Å². The molecule has 2 aromatic carbocycles. The molecular weight excluding hydrogens is 462 g/mol. The Labute approximate surface area is 213 Å². The van der Waals surface area contributed by atoms with Crippen LogP contribution in [0.4, 0.5) is 4.79 Å². The van der Waals surface area contributed by atoms with Crippen LogP contribution >= 0.6 is 11.8 Å². The molecule has 0 heterocycles. The fourth-order valence-corrected chi connectivity index (χ4v) is 4.09. The molecule has 0 bridgehead atoms. The zero-order chi connectivity index (χ0) is 26.0. The smallest absolute Gasteiger partial charge is 0.408 e. The molecule has 0 saturated carbocycles. The van der Waals surface area contributed by atoms with E-state index in [0.29, 0.717) is 18.7 Å². The first-order chi connectivity index (χ1) is 16.5. The minimum absolute atomic E-state index is 0.292. The van der Waals surface area contributed by atoms with Gasteiger partial charge in [-0.05, 0) is 62.8 Å². The number of thioether (sulfide) groups is 1. The normalized spacial score (nSPS) is 12.9. The van der Waals surface area contributed by atoms with Crippen LogP contribution in [0.2, 0.25) is 0 Å². The Bertz CT molecular complexity index is 991. The summed E-state index contributed by atoms with van der Waals surface area (Å²) in [7, 11) is 1.60. The van der Waals surface area contributed by atoms with Crippen LogP contribution in [0.1, 0.15) is 49.9 Å². The minimum atomic E-state index is -0.857. The van der Waals surface area contributed by atoms with Gasteiger partial charge in [0.2, 0.25) is 11.8 Å². The molecule has 2 unspecified atom stereocenters. The topological polar surface area (TPSA) is 87.7 Å². The van der Waals surface area contributed by atoms with Gasteiger partial charge in [0.25, 0.3) is 0 Å². The molecule has 0 aliphatic heterocycles. The molecule has 8 heteroatoms. The molecule has 0 radical (unpaired) electrons. The number of benzene rings is 2. The van der Waals surface area contributed by atoms with E-state index in [2.05, 4.69) is 10.6 Å². The van der Waals surface area contributed by atoms with Crippen molar-refractivity contribution in [1.82, 2.24) is 15.5 Å². The molecule has 0 aliphatic carbocycles. The molecule has 190 valence electrons. The van der Waals surface area contributed by atoms with Crippen LogP contribution in [-0.2, 0) is 20.9 Å². The van der Waals surface area contributed by atoms with Gasteiger partial charge in [0.05, 0.1) is 0 Å². The largest absolute Gasteiger partial charge is 0.444 e. The van der Waals surface area contributed by atoms with Crippen molar-refractivity contribution < 1.29 is 19.1 Å². The van der Waals surface area contributed by atoms with E-state index in [1.54, 1.807) is 39.6 Å². The second-order valence-electron chi connectivity index (χ2n) is 9.39. The highest BCUT2D eigenvalue weighted by atomic mass is 32.2. The van der Waals surface area contributed by atoms with Gasteiger partial charge in [0.15, 0.2) is 0 Å². The van der Waals surface area contributed by atoms with Gasteiger partial charge in [-0.3, -0.25) is 9.59 Å². The number of hydrogen-bond donors (Lipinski definition) is 2. The number of amides is 3. The van der Waals surface area contributed by atoms with Crippen molar-refractivity contribution in [1.29, 1.82) is 0 Å². The van der Waals surface area contributed by atoms with Gasteiger partial charge >= 0.3 is 6.09 Å². The quantitative estimate of drug-likeness (QED) is 0.504. The van der Waals surface area contributed by atoms with E-state index in [1.165, 1.54) is 4.90 Å². The SMILES string of the molecule is CSCCC(NC(=O)OC(C)(C)C)C(=O)N(C)C(C(=O)NCc1ccccc1)c1ccccc1C. The number of carbonyl (C=O) groups excluding carboxylic acids is 3. The van der Waals surface area contributed by atoms with Gasteiger partial charge in [-0.15, -0.1) is 0 Å². The molecule has 2 atom stereocenters. The van der Waals surface area contributed by atoms with E-state index >= 15 is 0 Å². The van der Waals surface area contributed by atoms with Crippen LogP contribution in [-0.4, -0.2) is 53.5 Å². The summed E-state index contributed by atoms with van der Waals surface area (Å²) in [4.78, 5) is 40.9. The number of nitrogens with one attached hydrogen (secondary N) is 2. The number of nitrogens with zero attached hydrogens (tertiary/aromatic N) is 1. The van der Waals surface area contributed by atoms with Gasteiger partial charge in [0.1, 0.15) is 17.7 Å². The number of rotatable bonds is 10. The van der Waals surface area contributed by atoms with Crippen LogP contribution in [0.3, 0.4) is 0 Å². The van der Waals surface area contributed by atoms with E-state index in [9.17, 15) is 14.4 Å². The molecule has 3 amide bonds. The van der Waals surface area contributed by atoms with Crippen molar-refractivity contribution in [2.75, 3.05) is 19.1 Å². The second kappa shape index (κ2) is 13.2. The van der Waals surface area contributed by atoms with Crippen LogP contribution in [0.25, 0.3) is 0 Å². The second-order valence-corrected chi connectivity index (χ2v) is 10.4. The molecule has 2 rings (SSSR count). The highest BCUT2D eigenvalue weighted by Gasteiger charge is 2.34. The first-order valence-corrected chi connectivity index (χ1v) is 13.0. The van der Waals surface area contributed by atoms with E-state index in [-0.39, 0.29) is 11.8 Å². The molecule has 2 aromatic rings. The Hall–Kier alpha value is -3.00. The van der Waals surface area contributed by atoms with Crippen molar-refractivity contribution >= 4 is 29.7 Å². The molecular formula is C27H37N3O4S. The molecule has 0 aliphatic rings. The Morgan fingerprint density at radius 1 is 1.03 bits per heavy atom. The van der Waals surface area contributed by atoms with Gasteiger partial charge in [-0.2, -0.15) is 11.8 Å². The number of carbonyl (C=O) groups is 3. The molecule has 0 saturated heterocycles. The predicted octanol–water partition coefficient (Wildman–Crippen LogP) is 4.46. The third-order valence-electron chi connectivity index (χ3n) is 5.38. The molecule has 2 N–H and O–H groups in total. The maximum Gasteiger partial charge on any atom is 0.408 e. The van der Waals surface area contributed by atoms with Crippen LogP contribution in [0.15, 0.2) is 54.6 Å². The highest BCUT2D eigenvalue weighted by Crippen LogP contribution is 2.25. The third kappa shape index (κ3) is 8.94. The Balaban J connectivity index is 2.30. The summed E-state index contributed by atoms with van der Waals surface area (Å²) in [5.74, 6) is 0.0165. The monoisotopic (exact) mass is 499 g/mol. The zero-order valence-corrected chi connectivity index (χ0v) is 22.3. The van der Waals surface area contributed by atoms with Crippen LogP contribution in [0.5, 0.6) is 0 Å². The maximum absolute atomic E-state index is 13.6. The lowest BCUT2D eigenvalue weighted by molar-refractivity contribution is -0.141. The van der Waals surface area contributed by atoms with Gasteiger partial charge < -0.3 is 20.3 Å². The Morgan fingerprint density at radius 3 is 2.26 bits per heavy atom. The standard InChI is InChI=1S/C27H37N3O4S/c1-19-12-10-11-15-21(19)23(24(31)28-18-20-13-8-7-9-14-20)30(5)25(32)22(16-17-35-6)29-26(33)34-27(2,3)4/h7-15,22-23H,16-18H2,1-6H3,(H,28,31)(H,29,33). The number of ether oxygens (including phenoxy) is 1. The molecule has 7 nitrogen and oxygen atoms in total. The van der Waals surface area contributed by atoms with Gasteiger partial charge in [-0.25, -0.2) is 4.79 Å². The van der Waals surface area contributed by atoms with Crippen LogP contribution < -0.4 is 10.6 Å². The molecule has 0 fully saturated rings. The fraction of sp³-hybridized carbons (Fsp3) is 0.444. The van der Waals surface area contributed by atoms with Crippen molar-refractivity contribution in [2.45, 2.75) is 58.3 Å². The molecule has 35 heavy (non-hydrogen) atoms. The summed E-state index contributed by atoms with van der Waals surface area (Å²) in [6.45, 7) is 7.56. The fourth-order valence-electron chi connectivity index (χ4n) is 3.62. The summed E-state index contributed by atoms with van der Waals surface area (Å²) in [5, 5.41) is 5.67. The highest BCUT2D eigenvalue weighted by molar-refractivity contribution is 7.98. The van der Waals surface area contributed by atoms with E-state index in [1.807, 2.05) is 67.8 Å². The Morgan fingerprint density at radius 2 is 1.66 bits per heavy atom. The third-order valence-corrected chi connectivity index (χ3v) is 6.02. The summed E-state index contributed by atoms with van der Waals surface area (Å²) >= 11 is 1.58. The predicted molar refractivity (Wildman–Crippen MR) is 141 cm³/mol. The van der Waals surface area contributed by atoms with E-state index in [4.69, 9.17) is 4.74 Å². The van der Waals surface area contributed by atoms with Crippen molar-refractivity contribution in [3.05, 3.63) is 71.3 Å². The number of aryl methyl sites for hydroxylation is 1. The summed E-state index contributed by atoms with van der Waals surface area (Å²) in [6.07, 6.45) is 1.69. The van der Waals surface area contributed by atoms with E-state index in [0.717, 1.165) is 16.7 Å². The summed E-state index contributed by atoms with van der Waals surface area (Å²) in [6, 6.07) is 15.4. The minimum Gasteiger partial charge on any atom is -0.444 e. The summed E-state index contributed by atoms with van der Waals surface area (Å²) < 4.78 is 5.37. The zero-order valence-electron chi connectivity index (χ0n) is 21.5. The molecule has 0 spiro atoms. The lowest BCUT2D eigenvalue weighted by Gasteiger charge is -2.32. The average molecular weight is 500 g/mol. The van der Waals surface area contributed by atoms with E-state index < -0.39 is 23.8 Å². The van der Waals surface area contributed by atoms with Crippen molar-refractivity contribution in [3.8, 4) is 0 Å². The Kier molecular flexibility index (Phi) is 10.6. The average Bonchev–Trinajstić information content (AvgIpc) is 2.80. The number of hydrogen-bond acceptors (Lipinski definition) is 5. The first-order valence-electron chi connectivity index (χ1n) is 11.7. The van der Waals surface area contributed by atoms with Crippen molar-refractivity contribution in [2.24, 2.45) is 0 Å². The maximum atomic E-state index is 13.6. The first kappa shape index (κ1) is 28.2. The molecule has 0 aromatic heterocycles. The van der Waals surface area contributed by atoms with Gasteiger partial charge in [0, 0.05) is 13.6 Å². The summed E-state index contributed by atoms with van der Waals surface area (Å²) in [5.41, 5.74) is 1.90. The van der Waals surface area contributed by atoms with Gasteiger partial charge in [-0.1, -0.05) is 54.6 Å². The number of likely N-dealkylation sites (N-methyl/N-ethyl adjacent to an activating group) is 1.